The zero-order valence-corrected chi connectivity index (χ0v) is 18.0. The molecule has 0 aromatic heterocycles. The Morgan fingerprint density at radius 2 is 1.61 bits per heavy atom. The molecule has 5 nitrogen and oxygen atoms in total. The van der Waals surface area contributed by atoms with Crippen LogP contribution < -0.4 is 18.9 Å². The summed E-state index contributed by atoms with van der Waals surface area (Å²) in [4.78, 5) is 13.6. The smallest absolute Gasteiger partial charge is 0.204 e. The van der Waals surface area contributed by atoms with Gasteiger partial charge in [0.15, 0.2) is 11.5 Å². The van der Waals surface area contributed by atoms with E-state index in [0.717, 1.165) is 18.4 Å². The molecule has 0 saturated heterocycles. The second-order valence-corrected chi connectivity index (χ2v) is 6.82. The molecule has 2 rings (SSSR count). The van der Waals surface area contributed by atoms with Crippen LogP contribution >= 0.6 is 11.6 Å². The third-order valence-electron chi connectivity index (χ3n) is 4.54. The van der Waals surface area contributed by atoms with Crippen molar-refractivity contribution in [2.75, 3.05) is 27.9 Å². The van der Waals surface area contributed by atoms with E-state index in [2.05, 4.69) is 6.92 Å². The fraction of sp³-hybridized carbons (Fsp3) is 0.409. The van der Waals surface area contributed by atoms with Gasteiger partial charge >= 0.3 is 0 Å². The Morgan fingerprint density at radius 1 is 0.929 bits per heavy atom. The number of rotatable bonds is 9. The van der Waals surface area contributed by atoms with E-state index in [0.29, 0.717) is 51.3 Å². The molecular formula is C22H27ClO5. The monoisotopic (exact) mass is 406 g/mol. The summed E-state index contributed by atoms with van der Waals surface area (Å²) in [6.45, 7) is 6.20. The first-order valence-electron chi connectivity index (χ1n) is 9.17. The number of carbonyl (C=O) groups excluding carboxylic acids is 1. The molecule has 0 saturated carbocycles. The van der Waals surface area contributed by atoms with Crippen LogP contribution in [0.1, 0.15) is 46.8 Å². The second kappa shape index (κ2) is 9.69. The number of ketones is 1. The van der Waals surface area contributed by atoms with Gasteiger partial charge in [0.1, 0.15) is 5.75 Å². The first-order valence-corrected chi connectivity index (χ1v) is 9.55. The Bertz CT molecular complexity index is 861. The topological polar surface area (TPSA) is 54.0 Å². The summed E-state index contributed by atoms with van der Waals surface area (Å²) in [6, 6.07) is 5.31. The highest BCUT2D eigenvalue weighted by atomic mass is 35.5. The largest absolute Gasteiger partial charge is 0.496 e. The van der Waals surface area contributed by atoms with Crippen molar-refractivity contribution in [3.63, 3.8) is 0 Å². The molecule has 0 unspecified atom stereocenters. The van der Waals surface area contributed by atoms with Gasteiger partial charge < -0.3 is 18.9 Å². The van der Waals surface area contributed by atoms with Crippen LogP contribution in [0.3, 0.4) is 0 Å². The quantitative estimate of drug-likeness (QED) is 0.412. The number of methoxy groups -OCH3 is 3. The van der Waals surface area contributed by atoms with Gasteiger partial charge in [-0.15, -0.1) is 0 Å². The summed E-state index contributed by atoms with van der Waals surface area (Å²) in [6.07, 6.45) is 1.81. The molecule has 0 bridgehead atoms. The SMILES string of the molecule is CCCCOc1c(OC)c(OC)cc(C)c1C(=O)c1c(OC)ccc(C)c1Cl. The van der Waals surface area contributed by atoms with Crippen LogP contribution in [0.2, 0.25) is 5.02 Å². The predicted molar refractivity (Wildman–Crippen MR) is 111 cm³/mol. The summed E-state index contributed by atoms with van der Waals surface area (Å²) in [5, 5.41) is 0.359. The lowest BCUT2D eigenvalue weighted by Gasteiger charge is -2.20. The third kappa shape index (κ3) is 4.20. The lowest BCUT2D eigenvalue weighted by atomic mass is 9.95. The van der Waals surface area contributed by atoms with Gasteiger partial charge in [-0.25, -0.2) is 0 Å². The second-order valence-electron chi connectivity index (χ2n) is 6.44. The fourth-order valence-corrected chi connectivity index (χ4v) is 3.23. The van der Waals surface area contributed by atoms with Crippen molar-refractivity contribution in [2.24, 2.45) is 0 Å². The average molecular weight is 407 g/mol. The predicted octanol–water partition coefficient (Wildman–Crippen LogP) is 5.39. The van der Waals surface area contributed by atoms with Crippen molar-refractivity contribution < 1.29 is 23.7 Å². The van der Waals surface area contributed by atoms with E-state index in [1.807, 2.05) is 19.9 Å². The molecule has 0 aliphatic heterocycles. The van der Waals surface area contributed by atoms with E-state index in [1.165, 1.54) is 14.2 Å². The number of halogens is 1. The molecule has 0 atom stereocenters. The Kier molecular flexibility index (Phi) is 7.58. The maximum atomic E-state index is 13.6. The van der Waals surface area contributed by atoms with Gasteiger partial charge in [-0.3, -0.25) is 4.79 Å². The maximum absolute atomic E-state index is 13.6. The maximum Gasteiger partial charge on any atom is 0.204 e. The normalized spacial score (nSPS) is 10.5. The number of benzene rings is 2. The highest BCUT2D eigenvalue weighted by Gasteiger charge is 2.28. The van der Waals surface area contributed by atoms with E-state index in [-0.39, 0.29) is 5.78 Å². The summed E-state index contributed by atoms with van der Waals surface area (Å²) < 4.78 is 22.3. The van der Waals surface area contributed by atoms with E-state index in [4.69, 9.17) is 30.5 Å². The molecule has 0 radical (unpaired) electrons. The highest BCUT2D eigenvalue weighted by Crippen LogP contribution is 2.44. The molecule has 0 N–H and O–H groups in total. The van der Waals surface area contributed by atoms with E-state index >= 15 is 0 Å². The molecule has 0 aliphatic rings. The first-order chi connectivity index (χ1) is 13.4. The third-order valence-corrected chi connectivity index (χ3v) is 5.03. The number of carbonyl (C=O) groups is 1. The van der Waals surface area contributed by atoms with Gasteiger partial charge in [0, 0.05) is 0 Å². The van der Waals surface area contributed by atoms with Crippen LogP contribution in [0.5, 0.6) is 23.0 Å². The number of aryl methyl sites for hydroxylation is 2. The van der Waals surface area contributed by atoms with Crippen molar-refractivity contribution in [3.8, 4) is 23.0 Å². The van der Waals surface area contributed by atoms with Crippen LogP contribution in [0, 0.1) is 13.8 Å². The van der Waals surface area contributed by atoms with Crippen LogP contribution in [0.25, 0.3) is 0 Å². The van der Waals surface area contributed by atoms with Gasteiger partial charge in [0.25, 0.3) is 0 Å². The van der Waals surface area contributed by atoms with Crippen molar-refractivity contribution in [2.45, 2.75) is 33.6 Å². The fourth-order valence-electron chi connectivity index (χ4n) is 2.99. The minimum absolute atomic E-state index is 0.282. The number of hydrogen-bond donors (Lipinski definition) is 0. The molecule has 0 spiro atoms. The van der Waals surface area contributed by atoms with E-state index in [9.17, 15) is 4.79 Å². The van der Waals surface area contributed by atoms with Crippen LogP contribution in [-0.2, 0) is 0 Å². The van der Waals surface area contributed by atoms with Gasteiger partial charge in [0.2, 0.25) is 11.5 Å². The standard InChI is InChI=1S/C22H27ClO5/c1-7-8-11-28-22-17(14(3)12-16(26-5)21(22)27-6)20(24)18-15(25-4)10-9-13(2)19(18)23/h9-10,12H,7-8,11H2,1-6H3. The molecule has 2 aromatic rings. The molecule has 0 amide bonds. The molecule has 2 aromatic carbocycles. The molecular weight excluding hydrogens is 380 g/mol. The van der Waals surface area contributed by atoms with Crippen molar-refractivity contribution in [3.05, 3.63) is 45.5 Å². The summed E-state index contributed by atoms with van der Waals surface area (Å²) in [5.41, 5.74) is 2.19. The van der Waals surface area contributed by atoms with Crippen LogP contribution in [0.15, 0.2) is 18.2 Å². The van der Waals surface area contributed by atoms with Gasteiger partial charge in [-0.1, -0.05) is 31.0 Å². The van der Waals surface area contributed by atoms with Gasteiger partial charge in [-0.2, -0.15) is 0 Å². The zero-order valence-electron chi connectivity index (χ0n) is 17.3. The Hall–Kier alpha value is -2.40. The number of ether oxygens (including phenoxy) is 4. The molecule has 152 valence electrons. The lowest BCUT2D eigenvalue weighted by molar-refractivity contribution is 0.103. The minimum atomic E-state index is -0.282. The lowest BCUT2D eigenvalue weighted by Crippen LogP contribution is -2.12. The average Bonchev–Trinajstić information content (AvgIpc) is 2.69. The van der Waals surface area contributed by atoms with Gasteiger partial charge in [0.05, 0.1) is 44.1 Å². The molecule has 28 heavy (non-hydrogen) atoms. The van der Waals surface area contributed by atoms with Gasteiger partial charge in [-0.05, 0) is 43.5 Å². The van der Waals surface area contributed by atoms with Crippen molar-refractivity contribution >= 4 is 17.4 Å². The highest BCUT2D eigenvalue weighted by molar-refractivity contribution is 6.36. The van der Waals surface area contributed by atoms with E-state index < -0.39 is 0 Å². The molecule has 0 aliphatic carbocycles. The number of unbranched alkanes of at least 4 members (excludes halogenated alkanes) is 1. The molecule has 0 heterocycles. The van der Waals surface area contributed by atoms with Crippen molar-refractivity contribution in [1.82, 2.24) is 0 Å². The number of hydrogen-bond acceptors (Lipinski definition) is 5. The van der Waals surface area contributed by atoms with Crippen LogP contribution in [-0.4, -0.2) is 33.7 Å². The minimum Gasteiger partial charge on any atom is -0.496 e. The summed E-state index contributed by atoms with van der Waals surface area (Å²) in [7, 11) is 4.58. The first kappa shape index (κ1) is 21.9. The molecule has 6 heteroatoms. The van der Waals surface area contributed by atoms with Crippen molar-refractivity contribution in [1.29, 1.82) is 0 Å². The molecule has 0 fully saturated rings. The Labute approximate surface area is 171 Å². The van der Waals surface area contributed by atoms with Crippen LogP contribution in [0.4, 0.5) is 0 Å². The summed E-state index contributed by atoms with van der Waals surface area (Å²) >= 11 is 6.49. The summed E-state index contributed by atoms with van der Waals surface area (Å²) in [5.74, 6) is 1.38. The Morgan fingerprint density at radius 3 is 2.18 bits per heavy atom. The van der Waals surface area contributed by atoms with E-state index in [1.54, 1.807) is 19.2 Å². The zero-order chi connectivity index (χ0) is 20.8. The Balaban J connectivity index is 2.73.